The number of nitrogens with zero attached hydrogens (tertiary/aromatic N) is 1. The Labute approximate surface area is 129 Å². The van der Waals surface area contributed by atoms with E-state index in [1.165, 1.54) is 4.90 Å². The van der Waals surface area contributed by atoms with Crippen LogP contribution in [0.1, 0.15) is 34.9 Å². The van der Waals surface area contributed by atoms with E-state index in [1.807, 2.05) is 12.1 Å². The summed E-state index contributed by atoms with van der Waals surface area (Å²) in [6.07, 6.45) is 3.37. The standard InChI is InChI=1S/C15H13BrF2N2O/c16-9-7-10(17)14(11(18)8-9)15(21)20-6-2-4-13(20)12-3-1-5-19-12/h1,3,5,7-8,13,19H,2,4,6H2. The van der Waals surface area contributed by atoms with E-state index in [4.69, 9.17) is 0 Å². The van der Waals surface area contributed by atoms with Crippen LogP contribution >= 0.6 is 15.9 Å². The molecule has 1 amide bonds. The van der Waals surface area contributed by atoms with Crippen molar-refractivity contribution in [3.8, 4) is 0 Å². The molecule has 1 saturated heterocycles. The Hall–Kier alpha value is -1.69. The predicted octanol–water partition coefficient (Wildman–Crippen LogP) is 4.03. The number of benzene rings is 1. The van der Waals surface area contributed by atoms with Gasteiger partial charge in [0.2, 0.25) is 0 Å². The van der Waals surface area contributed by atoms with Crippen LogP contribution in [0.3, 0.4) is 0 Å². The van der Waals surface area contributed by atoms with Gasteiger partial charge in [-0.05, 0) is 37.1 Å². The van der Waals surface area contributed by atoms with Crippen LogP contribution in [0.25, 0.3) is 0 Å². The van der Waals surface area contributed by atoms with Gasteiger partial charge < -0.3 is 9.88 Å². The molecule has 3 rings (SSSR count). The number of carbonyl (C=O) groups excluding carboxylic acids is 1. The number of likely N-dealkylation sites (tertiary alicyclic amines) is 1. The van der Waals surface area contributed by atoms with Crippen LogP contribution in [-0.4, -0.2) is 22.3 Å². The second-order valence-electron chi connectivity index (χ2n) is 5.03. The first kappa shape index (κ1) is 14.3. The van der Waals surface area contributed by atoms with Crippen molar-refractivity contribution in [2.45, 2.75) is 18.9 Å². The number of rotatable bonds is 2. The van der Waals surface area contributed by atoms with Gasteiger partial charge in [-0.2, -0.15) is 0 Å². The van der Waals surface area contributed by atoms with Gasteiger partial charge in [0.15, 0.2) is 0 Å². The van der Waals surface area contributed by atoms with Crippen LogP contribution in [0.15, 0.2) is 34.9 Å². The fourth-order valence-corrected chi connectivity index (χ4v) is 3.18. The number of H-pyrrole nitrogens is 1. The maximum Gasteiger partial charge on any atom is 0.260 e. The first-order valence-corrected chi connectivity index (χ1v) is 7.46. The van der Waals surface area contributed by atoms with Crippen LogP contribution in [-0.2, 0) is 0 Å². The third-order valence-electron chi connectivity index (χ3n) is 3.72. The Balaban J connectivity index is 1.95. The summed E-state index contributed by atoms with van der Waals surface area (Å²) in [4.78, 5) is 17.1. The van der Waals surface area contributed by atoms with Gasteiger partial charge >= 0.3 is 0 Å². The number of aromatic amines is 1. The van der Waals surface area contributed by atoms with Gasteiger partial charge in [-0.25, -0.2) is 8.78 Å². The van der Waals surface area contributed by atoms with Gasteiger partial charge in [-0.15, -0.1) is 0 Å². The Morgan fingerprint density at radius 3 is 2.67 bits per heavy atom. The smallest absolute Gasteiger partial charge is 0.260 e. The summed E-state index contributed by atoms with van der Waals surface area (Å²) >= 11 is 3.01. The van der Waals surface area contributed by atoms with Crippen LogP contribution in [0.4, 0.5) is 8.78 Å². The van der Waals surface area contributed by atoms with Gasteiger partial charge in [0, 0.05) is 22.9 Å². The van der Waals surface area contributed by atoms with Crippen molar-refractivity contribution in [3.63, 3.8) is 0 Å². The van der Waals surface area contributed by atoms with Crippen LogP contribution < -0.4 is 0 Å². The van der Waals surface area contributed by atoms with E-state index >= 15 is 0 Å². The molecular weight excluding hydrogens is 342 g/mol. The fraction of sp³-hybridized carbons (Fsp3) is 0.267. The molecular formula is C15H13BrF2N2O. The van der Waals surface area contributed by atoms with Gasteiger partial charge in [-0.3, -0.25) is 4.79 Å². The second-order valence-corrected chi connectivity index (χ2v) is 5.94. The lowest BCUT2D eigenvalue weighted by molar-refractivity contribution is 0.0723. The molecule has 1 unspecified atom stereocenters. The van der Waals surface area contributed by atoms with Crippen molar-refractivity contribution < 1.29 is 13.6 Å². The van der Waals surface area contributed by atoms with E-state index in [1.54, 1.807) is 6.20 Å². The fourth-order valence-electron chi connectivity index (χ4n) is 2.77. The summed E-state index contributed by atoms with van der Waals surface area (Å²) in [6, 6.07) is 5.78. The van der Waals surface area contributed by atoms with E-state index in [9.17, 15) is 13.6 Å². The molecule has 6 heteroatoms. The summed E-state index contributed by atoms with van der Waals surface area (Å²) in [6.45, 7) is 0.497. The number of amides is 1. The molecule has 21 heavy (non-hydrogen) atoms. The number of hydrogen-bond donors (Lipinski definition) is 1. The highest BCUT2D eigenvalue weighted by Crippen LogP contribution is 2.33. The molecule has 0 aliphatic carbocycles. The van der Waals surface area contributed by atoms with E-state index in [0.29, 0.717) is 6.54 Å². The first-order chi connectivity index (χ1) is 10.1. The second kappa shape index (κ2) is 5.60. The van der Waals surface area contributed by atoms with Crippen molar-refractivity contribution in [1.82, 2.24) is 9.88 Å². The minimum atomic E-state index is -0.844. The molecule has 0 spiro atoms. The summed E-state index contributed by atoms with van der Waals surface area (Å²) < 4.78 is 28.2. The summed E-state index contributed by atoms with van der Waals surface area (Å²) in [5, 5.41) is 0. The topological polar surface area (TPSA) is 36.1 Å². The zero-order valence-corrected chi connectivity index (χ0v) is 12.7. The van der Waals surface area contributed by atoms with Crippen LogP contribution in [0.5, 0.6) is 0 Å². The van der Waals surface area contributed by atoms with E-state index in [0.717, 1.165) is 30.7 Å². The average molecular weight is 355 g/mol. The molecule has 1 aliphatic rings. The molecule has 3 nitrogen and oxygen atoms in total. The average Bonchev–Trinajstić information content (AvgIpc) is 3.08. The zero-order valence-electron chi connectivity index (χ0n) is 11.1. The highest BCUT2D eigenvalue weighted by atomic mass is 79.9. The van der Waals surface area contributed by atoms with Crippen molar-refractivity contribution >= 4 is 21.8 Å². The Bertz CT molecular complexity index is 649. The minimum absolute atomic E-state index is 0.157. The number of nitrogens with one attached hydrogen (secondary N) is 1. The highest BCUT2D eigenvalue weighted by Gasteiger charge is 2.33. The maximum absolute atomic E-state index is 14.0. The Morgan fingerprint density at radius 2 is 2.05 bits per heavy atom. The molecule has 1 aliphatic heterocycles. The van der Waals surface area contributed by atoms with E-state index in [2.05, 4.69) is 20.9 Å². The van der Waals surface area contributed by atoms with Crippen LogP contribution in [0, 0.1) is 11.6 Å². The first-order valence-electron chi connectivity index (χ1n) is 6.66. The Morgan fingerprint density at radius 1 is 1.33 bits per heavy atom. The van der Waals surface area contributed by atoms with Crippen LogP contribution in [0.2, 0.25) is 0 Å². The molecule has 1 aromatic heterocycles. The molecule has 0 bridgehead atoms. The highest BCUT2D eigenvalue weighted by molar-refractivity contribution is 9.10. The number of halogens is 3. The van der Waals surface area contributed by atoms with E-state index < -0.39 is 23.1 Å². The molecule has 1 aromatic carbocycles. The molecule has 2 aromatic rings. The summed E-state index contributed by atoms with van der Waals surface area (Å²) in [7, 11) is 0. The van der Waals surface area contributed by atoms with Crippen molar-refractivity contribution in [2.75, 3.05) is 6.54 Å². The van der Waals surface area contributed by atoms with Gasteiger partial charge in [-0.1, -0.05) is 15.9 Å². The molecule has 2 heterocycles. The molecule has 0 radical (unpaired) electrons. The van der Waals surface area contributed by atoms with Gasteiger partial charge in [0.1, 0.15) is 17.2 Å². The van der Waals surface area contributed by atoms with Gasteiger partial charge in [0.25, 0.3) is 5.91 Å². The summed E-state index contributed by atoms with van der Waals surface area (Å²) in [5.74, 6) is -2.29. The number of aromatic nitrogens is 1. The normalized spacial score (nSPS) is 18.2. The quantitative estimate of drug-likeness (QED) is 0.868. The lowest BCUT2D eigenvalue weighted by Gasteiger charge is -2.24. The number of hydrogen-bond acceptors (Lipinski definition) is 1. The lowest BCUT2D eigenvalue weighted by atomic mass is 10.1. The molecule has 1 N–H and O–H groups in total. The maximum atomic E-state index is 14.0. The summed E-state index contributed by atoms with van der Waals surface area (Å²) in [5.41, 5.74) is 0.399. The zero-order chi connectivity index (χ0) is 15.0. The van der Waals surface area contributed by atoms with Crippen molar-refractivity contribution in [2.24, 2.45) is 0 Å². The lowest BCUT2D eigenvalue weighted by Crippen LogP contribution is -2.32. The number of carbonyl (C=O) groups is 1. The molecule has 1 atom stereocenters. The predicted molar refractivity (Wildman–Crippen MR) is 77.9 cm³/mol. The minimum Gasteiger partial charge on any atom is -0.363 e. The van der Waals surface area contributed by atoms with Crippen molar-refractivity contribution in [1.29, 1.82) is 0 Å². The van der Waals surface area contributed by atoms with Crippen molar-refractivity contribution in [3.05, 3.63) is 57.8 Å². The van der Waals surface area contributed by atoms with E-state index in [-0.39, 0.29) is 10.5 Å². The largest absolute Gasteiger partial charge is 0.363 e. The third kappa shape index (κ3) is 2.60. The Kier molecular flexibility index (Phi) is 3.80. The third-order valence-corrected chi connectivity index (χ3v) is 4.17. The monoisotopic (exact) mass is 354 g/mol. The van der Waals surface area contributed by atoms with Gasteiger partial charge in [0.05, 0.1) is 6.04 Å². The molecule has 1 fully saturated rings. The molecule has 110 valence electrons. The SMILES string of the molecule is O=C(c1c(F)cc(Br)cc1F)N1CCCC1c1ccc[nH]1. The molecule has 0 saturated carbocycles.